The summed E-state index contributed by atoms with van der Waals surface area (Å²) in [6.07, 6.45) is 4.42. The predicted octanol–water partition coefficient (Wildman–Crippen LogP) is 3.38. The van der Waals surface area contributed by atoms with E-state index in [4.69, 9.17) is 0 Å². The molecule has 0 aliphatic heterocycles. The quantitative estimate of drug-likeness (QED) is 0.788. The minimum Gasteiger partial charge on any atom is -0.308 e. The number of hydrogen-bond acceptors (Lipinski definition) is 2. The zero-order chi connectivity index (χ0) is 12.8. The van der Waals surface area contributed by atoms with Crippen LogP contribution in [0.5, 0.6) is 0 Å². The van der Waals surface area contributed by atoms with Crippen molar-refractivity contribution in [3.8, 4) is 0 Å². The van der Waals surface area contributed by atoms with Gasteiger partial charge in [-0.15, -0.1) is 0 Å². The van der Waals surface area contributed by atoms with Crippen molar-refractivity contribution in [2.24, 2.45) is 5.92 Å². The van der Waals surface area contributed by atoms with Gasteiger partial charge in [-0.25, -0.2) is 0 Å². The van der Waals surface area contributed by atoms with Crippen molar-refractivity contribution < 1.29 is 0 Å². The summed E-state index contributed by atoms with van der Waals surface area (Å²) in [4.78, 5) is 0. The SMILES string of the molecule is CCC(C)C(C)NCc1ccn(C(C)CC)n1. The van der Waals surface area contributed by atoms with Crippen LogP contribution in [0.1, 0.15) is 59.2 Å². The van der Waals surface area contributed by atoms with Gasteiger partial charge in [0.15, 0.2) is 0 Å². The zero-order valence-corrected chi connectivity index (χ0v) is 11.9. The number of nitrogens with zero attached hydrogens (tertiary/aromatic N) is 2. The molecule has 1 rings (SSSR count). The molecule has 0 radical (unpaired) electrons. The normalized spacial score (nSPS) is 16.8. The lowest BCUT2D eigenvalue weighted by atomic mass is 10.0. The summed E-state index contributed by atoms with van der Waals surface area (Å²) in [6.45, 7) is 12.0. The van der Waals surface area contributed by atoms with E-state index < -0.39 is 0 Å². The molecule has 0 spiro atoms. The molecular weight excluding hydrogens is 210 g/mol. The Hall–Kier alpha value is -0.830. The largest absolute Gasteiger partial charge is 0.308 e. The van der Waals surface area contributed by atoms with E-state index in [0.717, 1.165) is 18.7 Å². The first-order valence-corrected chi connectivity index (χ1v) is 6.85. The van der Waals surface area contributed by atoms with Gasteiger partial charge in [-0.3, -0.25) is 4.68 Å². The van der Waals surface area contributed by atoms with Gasteiger partial charge < -0.3 is 5.32 Å². The van der Waals surface area contributed by atoms with E-state index in [9.17, 15) is 0 Å². The Kier molecular flexibility index (Phi) is 5.69. The highest BCUT2D eigenvalue weighted by atomic mass is 15.3. The van der Waals surface area contributed by atoms with Crippen LogP contribution >= 0.6 is 0 Å². The maximum Gasteiger partial charge on any atom is 0.0762 e. The van der Waals surface area contributed by atoms with E-state index >= 15 is 0 Å². The van der Waals surface area contributed by atoms with Gasteiger partial charge >= 0.3 is 0 Å². The van der Waals surface area contributed by atoms with Crippen molar-refractivity contribution in [3.05, 3.63) is 18.0 Å². The van der Waals surface area contributed by atoms with Crippen LogP contribution in [0.2, 0.25) is 0 Å². The van der Waals surface area contributed by atoms with E-state index in [2.05, 4.69) is 62.0 Å². The molecule has 3 nitrogen and oxygen atoms in total. The second kappa shape index (κ2) is 6.80. The van der Waals surface area contributed by atoms with Crippen molar-refractivity contribution in [2.75, 3.05) is 0 Å². The van der Waals surface area contributed by atoms with E-state index in [1.807, 2.05) is 0 Å². The Morgan fingerprint density at radius 1 is 1.24 bits per heavy atom. The predicted molar refractivity (Wildman–Crippen MR) is 73.0 cm³/mol. The summed E-state index contributed by atoms with van der Waals surface area (Å²) in [5, 5.41) is 8.14. The maximum atomic E-state index is 4.59. The van der Waals surface area contributed by atoms with E-state index in [1.165, 1.54) is 6.42 Å². The van der Waals surface area contributed by atoms with Gasteiger partial charge in [-0.1, -0.05) is 27.2 Å². The molecule has 0 saturated heterocycles. The Balaban J connectivity index is 2.44. The molecule has 0 aromatic carbocycles. The molecule has 1 heterocycles. The lowest BCUT2D eigenvalue weighted by Crippen LogP contribution is -2.31. The van der Waals surface area contributed by atoms with Gasteiger partial charge in [-0.05, 0) is 32.3 Å². The second-order valence-corrected chi connectivity index (χ2v) is 5.10. The highest BCUT2D eigenvalue weighted by Crippen LogP contribution is 2.10. The Morgan fingerprint density at radius 2 is 1.94 bits per heavy atom. The van der Waals surface area contributed by atoms with Gasteiger partial charge in [-0.2, -0.15) is 5.10 Å². The molecule has 0 amide bonds. The van der Waals surface area contributed by atoms with Crippen LogP contribution in [-0.2, 0) is 6.54 Å². The first kappa shape index (κ1) is 14.2. The molecule has 98 valence electrons. The molecule has 0 bridgehead atoms. The fourth-order valence-electron chi connectivity index (χ4n) is 1.72. The summed E-state index contributed by atoms with van der Waals surface area (Å²) in [6, 6.07) is 3.16. The van der Waals surface area contributed by atoms with E-state index in [0.29, 0.717) is 18.0 Å². The standard InChI is InChI=1S/C14H27N3/c1-6-11(3)13(5)15-10-14-8-9-17(16-14)12(4)7-2/h8-9,11-13,15H,6-7,10H2,1-5H3. The second-order valence-electron chi connectivity index (χ2n) is 5.10. The van der Waals surface area contributed by atoms with Crippen LogP contribution in [0.15, 0.2) is 12.3 Å². The van der Waals surface area contributed by atoms with Crippen molar-refractivity contribution in [3.63, 3.8) is 0 Å². The minimum atomic E-state index is 0.496. The zero-order valence-electron chi connectivity index (χ0n) is 11.9. The monoisotopic (exact) mass is 237 g/mol. The van der Waals surface area contributed by atoms with Crippen LogP contribution in [0.25, 0.3) is 0 Å². The summed E-state index contributed by atoms with van der Waals surface area (Å²) in [7, 11) is 0. The smallest absolute Gasteiger partial charge is 0.0762 e. The number of rotatable bonds is 7. The van der Waals surface area contributed by atoms with Crippen LogP contribution in [0.4, 0.5) is 0 Å². The van der Waals surface area contributed by atoms with E-state index in [1.54, 1.807) is 0 Å². The van der Waals surface area contributed by atoms with Crippen LogP contribution in [0, 0.1) is 5.92 Å². The molecule has 0 aliphatic rings. The molecule has 0 fully saturated rings. The molecule has 1 aromatic heterocycles. The Labute approximate surface area is 106 Å². The maximum absolute atomic E-state index is 4.59. The van der Waals surface area contributed by atoms with Gasteiger partial charge in [0.05, 0.1) is 5.69 Å². The third-order valence-corrected chi connectivity index (χ3v) is 3.81. The average molecular weight is 237 g/mol. The van der Waals surface area contributed by atoms with E-state index in [-0.39, 0.29) is 0 Å². The van der Waals surface area contributed by atoms with Crippen molar-refractivity contribution >= 4 is 0 Å². The first-order valence-electron chi connectivity index (χ1n) is 6.85. The Morgan fingerprint density at radius 3 is 2.53 bits per heavy atom. The van der Waals surface area contributed by atoms with Crippen LogP contribution in [0.3, 0.4) is 0 Å². The molecular formula is C14H27N3. The van der Waals surface area contributed by atoms with Crippen LogP contribution in [-0.4, -0.2) is 15.8 Å². The molecule has 1 aromatic rings. The van der Waals surface area contributed by atoms with Gasteiger partial charge in [0.1, 0.15) is 0 Å². The average Bonchev–Trinajstić information content (AvgIpc) is 2.82. The van der Waals surface area contributed by atoms with Crippen LogP contribution < -0.4 is 5.32 Å². The summed E-state index contributed by atoms with van der Waals surface area (Å²) >= 11 is 0. The number of hydrogen-bond donors (Lipinski definition) is 1. The molecule has 17 heavy (non-hydrogen) atoms. The highest BCUT2D eigenvalue weighted by molar-refractivity contribution is 4.99. The van der Waals surface area contributed by atoms with Crippen molar-refractivity contribution in [1.29, 1.82) is 0 Å². The van der Waals surface area contributed by atoms with Crippen molar-refractivity contribution in [2.45, 2.75) is 66.1 Å². The van der Waals surface area contributed by atoms with Gasteiger partial charge in [0.2, 0.25) is 0 Å². The van der Waals surface area contributed by atoms with Crippen molar-refractivity contribution in [1.82, 2.24) is 15.1 Å². The Bertz CT molecular complexity index is 319. The molecule has 0 saturated carbocycles. The fraction of sp³-hybridized carbons (Fsp3) is 0.786. The highest BCUT2D eigenvalue weighted by Gasteiger charge is 2.10. The third-order valence-electron chi connectivity index (χ3n) is 3.81. The minimum absolute atomic E-state index is 0.496. The summed E-state index contributed by atoms with van der Waals surface area (Å²) in [5.41, 5.74) is 1.14. The molecule has 0 aliphatic carbocycles. The van der Waals surface area contributed by atoms with Gasteiger partial charge in [0.25, 0.3) is 0 Å². The number of aromatic nitrogens is 2. The molecule has 3 unspecified atom stereocenters. The molecule has 1 N–H and O–H groups in total. The molecule has 3 heteroatoms. The third kappa shape index (κ3) is 4.15. The van der Waals surface area contributed by atoms with Gasteiger partial charge in [0, 0.05) is 24.8 Å². The summed E-state index contributed by atoms with van der Waals surface area (Å²) < 4.78 is 2.06. The lowest BCUT2D eigenvalue weighted by molar-refractivity contribution is 0.385. The number of nitrogens with one attached hydrogen (secondary N) is 1. The topological polar surface area (TPSA) is 29.9 Å². The first-order chi connectivity index (χ1) is 8.08. The fourth-order valence-corrected chi connectivity index (χ4v) is 1.72. The lowest BCUT2D eigenvalue weighted by Gasteiger charge is -2.19. The molecule has 3 atom stereocenters. The summed E-state index contributed by atoms with van der Waals surface area (Å²) in [5.74, 6) is 0.714.